The van der Waals surface area contributed by atoms with E-state index in [1.807, 2.05) is 43.3 Å². The van der Waals surface area contributed by atoms with Gasteiger partial charge in [0.1, 0.15) is 15.8 Å². The molecular formula is C22H23NO3S2. The Balaban J connectivity index is 1.73. The van der Waals surface area contributed by atoms with Gasteiger partial charge in [0.2, 0.25) is 0 Å². The van der Waals surface area contributed by atoms with Crippen molar-refractivity contribution < 1.29 is 14.3 Å². The van der Waals surface area contributed by atoms with Crippen LogP contribution >= 0.6 is 24.0 Å². The first kappa shape index (κ1) is 20.4. The fourth-order valence-corrected chi connectivity index (χ4v) is 4.52. The molecule has 1 aliphatic rings. The molecule has 0 unspecified atom stereocenters. The van der Waals surface area contributed by atoms with Crippen LogP contribution in [0.2, 0.25) is 0 Å². The maximum absolute atomic E-state index is 12.9. The van der Waals surface area contributed by atoms with Crippen LogP contribution in [0, 0.1) is 6.92 Å². The van der Waals surface area contributed by atoms with E-state index in [9.17, 15) is 4.79 Å². The largest absolute Gasteiger partial charge is 0.496 e. The molecule has 1 amide bonds. The highest BCUT2D eigenvalue weighted by molar-refractivity contribution is 8.26. The monoisotopic (exact) mass is 413 g/mol. The second-order valence-corrected chi connectivity index (χ2v) is 8.11. The number of hydrogen-bond donors (Lipinski definition) is 0. The van der Waals surface area contributed by atoms with E-state index in [2.05, 4.69) is 12.1 Å². The predicted molar refractivity (Wildman–Crippen MR) is 119 cm³/mol. The molecule has 28 heavy (non-hydrogen) atoms. The van der Waals surface area contributed by atoms with E-state index in [1.54, 1.807) is 19.1 Å². The molecule has 0 atom stereocenters. The lowest BCUT2D eigenvalue weighted by atomic mass is 10.1. The lowest BCUT2D eigenvalue weighted by molar-refractivity contribution is -0.122. The number of nitrogens with zero attached hydrogens (tertiary/aromatic N) is 1. The van der Waals surface area contributed by atoms with Crippen molar-refractivity contribution in [3.8, 4) is 11.5 Å². The number of thioether (sulfide) groups is 1. The molecule has 2 aromatic rings. The van der Waals surface area contributed by atoms with Gasteiger partial charge in [-0.3, -0.25) is 9.69 Å². The minimum Gasteiger partial charge on any atom is -0.496 e. The number of rotatable bonds is 7. The molecule has 0 spiro atoms. The summed E-state index contributed by atoms with van der Waals surface area (Å²) < 4.78 is 11.5. The molecule has 1 fully saturated rings. The van der Waals surface area contributed by atoms with Gasteiger partial charge in [-0.1, -0.05) is 54.3 Å². The Bertz CT molecular complexity index is 909. The number of aryl methyl sites for hydroxylation is 1. The molecule has 0 radical (unpaired) electrons. The Morgan fingerprint density at radius 2 is 1.86 bits per heavy atom. The average molecular weight is 414 g/mol. The van der Waals surface area contributed by atoms with Gasteiger partial charge in [0, 0.05) is 17.7 Å². The molecule has 0 aromatic heterocycles. The first-order valence-electron chi connectivity index (χ1n) is 9.06. The molecule has 146 valence electrons. The van der Waals surface area contributed by atoms with Crippen molar-refractivity contribution in [3.63, 3.8) is 0 Å². The van der Waals surface area contributed by atoms with E-state index >= 15 is 0 Å². The van der Waals surface area contributed by atoms with Crippen molar-refractivity contribution >= 4 is 40.3 Å². The summed E-state index contributed by atoms with van der Waals surface area (Å²) in [6, 6.07) is 14.0. The van der Waals surface area contributed by atoms with Gasteiger partial charge in [-0.15, -0.1) is 0 Å². The molecule has 0 aliphatic carbocycles. The number of methoxy groups -OCH3 is 2. The van der Waals surface area contributed by atoms with Gasteiger partial charge < -0.3 is 9.47 Å². The second kappa shape index (κ2) is 9.26. The summed E-state index contributed by atoms with van der Waals surface area (Å²) in [7, 11) is 3.25. The van der Waals surface area contributed by atoms with Gasteiger partial charge in [0.25, 0.3) is 5.91 Å². The van der Waals surface area contributed by atoms with Crippen LogP contribution in [0.25, 0.3) is 6.08 Å². The van der Waals surface area contributed by atoms with Gasteiger partial charge in [-0.2, -0.15) is 0 Å². The normalized spacial score (nSPS) is 15.4. The zero-order chi connectivity index (χ0) is 20.1. The molecule has 0 saturated carbocycles. The molecule has 1 aliphatic heterocycles. The number of carbonyl (C=O) groups excluding carboxylic acids is 1. The van der Waals surface area contributed by atoms with Crippen LogP contribution in [0.5, 0.6) is 11.5 Å². The molecule has 2 aromatic carbocycles. The van der Waals surface area contributed by atoms with Gasteiger partial charge in [-0.25, -0.2) is 0 Å². The van der Waals surface area contributed by atoms with Crippen molar-refractivity contribution in [2.75, 3.05) is 20.8 Å². The van der Waals surface area contributed by atoms with Crippen LogP contribution in [-0.2, 0) is 11.2 Å². The molecular weight excluding hydrogens is 390 g/mol. The summed E-state index contributed by atoms with van der Waals surface area (Å²) in [5, 5.41) is 0. The number of hydrogen-bond acceptors (Lipinski definition) is 5. The highest BCUT2D eigenvalue weighted by Gasteiger charge is 2.31. The predicted octanol–water partition coefficient (Wildman–Crippen LogP) is 4.85. The first-order valence-corrected chi connectivity index (χ1v) is 10.3. The third-order valence-electron chi connectivity index (χ3n) is 4.66. The third-order valence-corrected chi connectivity index (χ3v) is 6.04. The van der Waals surface area contributed by atoms with Crippen LogP contribution < -0.4 is 9.47 Å². The highest BCUT2D eigenvalue weighted by Crippen LogP contribution is 2.37. The van der Waals surface area contributed by atoms with E-state index in [-0.39, 0.29) is 5.91 Å². The van der Waals surface area contributed by atoms with Gasteiger partial charge in [-0.05, 0) is 43.5 Å². The minimum absolute atomic E-state index is 0.0430. The van der Waals surface area contributed by atoms with E-state index in [4.69, 9.17) is 21.7 Å². The Hall–Kier alpha value is -2.31. The number of thiocarbonyl (C=S) groups is 1. The lowest BCUT2D eigenvalue weighted by Gasteiger charge is -2.14. The molecule has 0 N–H and O–H groups in total. The van der Waals surface area contributed by atoms with Crippen molar-refractivity contribution in [1.82, 2.24) is 4.90 Å². The van der Waals surface area contributed by atoms with E-state index in [1.165, 1.54) is 17.3 Å². The number of ether oxygens (including phenoxy) is 2. The molecule has 6 heteroatoms. The average Bonchev–Trinajstić information content (AvgIpc) is 2.96. The zero-order valence-corrected chi connectivity index (χ0v) is 17.9. The quantitative estimate of drug-likeness (QED) is 0.479. The van der Waals surface area contributed by atoms with Crippen LogP contribution in [0.15, 0.2) is 47.4 Å². The Morgan fingerprint density at radius 1 is 1.11 bits per heavy atom. The fourth-order valence-electron chi connectivity index (χ4n) is 3.22. The van der Waals surface area contributed by atoms with Crippen molar-refractivity contribution in [1.29, 1.82) is 0 Å². The molecule has 1 saturated heterocycles. The van der Waals surface area contributed by atoms with E-state index < -0.39 is 0 Å². The summed E-state index contributed by atoms with van der Waals surface area (Å²) in [6.45, 7) is 2.56. The van der Waals surface area contributed by atoms with E-state index in [0.717, 1.165) is 29.7 Å². The highest BCUT2D eigenvalue weighted by atomic mass is 32.2. The van der Waals surface area contributed by atoms with E-state index in [0.29, 0.717) is 21.5 Å². The molecule has 3 rings (SSSR count). The smallest absolute Gasteiger partial charge is 0.266 e. The summed E-state index contributed by atoms with van der Waals surface area (Å²) in [5.74, 6) is 1.41. The summed E-state index contributed by atoms with van der Waals surface area (Å²) in [4.78, 5) is 15.2. The first-order chi connectivity index (χ1) is 13.5. The summed E-state index contributed by atoms with van der Waals surface area (Å²) in [5.41, 5.74) is 3.00. The fraction of sp³-hybridized carbons (Fsp3) is 0.273. The third kappa shape index (κ3) is 4.39. The van der Waals surface area contributed by atoms with Crippen LogP contribution in [0.4, 0.5) is 0 Å². The Labute approximate surface area is 175 Å². The second-order valence-electron chi connectivity index (χ2n) is 6.44. The number of amides is 1. The van der Waals surface area contributed by atoms with Crippen LogP contribution in [-0.4, -0.2) is 35.9 Å². The molecule has 4 nitrogen and oxygen atoms in total. The van der Waals surface area contributed by atoms with Gasteiger partial charge in [0.15, 0.2) is 0 Å². The topological polar surface area (TPSA) is 38.8 Å². The van der Waals surface area contributed by atoms with Crippen molar-refractivity contribution in [2.24, 2.45) is 0 Å². The van der Waals surface area contributed by atoms with Crippen molar-refractivity contribution in [2.45, 2.75) is 19.8 Å². The molecule has 1 heterocycles. The standard InChI is InChI=1S/C22H23NO3S2/c1-15-18(25-2)12-11-17(20(15)26-3)14-19-21(24)23(22(27)28-19)13-7-10-16-8-5-4-6-9-16/h4-6,8-9,11-12,14H,7,10,13H2,1-3H3. The Morgan fingerprint density at radius 3 is 2.54 bits per heavy atom. The maximum Gasteiger partial charge on any atom is 0.266 e. The van der Waals surface area contributed by atoms with Crippen LogP contribution in [0.1, 0.15) is 23.1 Å². The Kier molecular flexibility index (Phi) is 6.75. The minimum atomic E-state index is -0.0430. The SMILES string of the molecule is COc1ccc(C=C2SC(=S)N(CCCc3ccccc3)C2=O)c(OC)c1C. The van der Waals surface area contributed by atoms with Gasteiger partial charge >= 0.3 is 0 Å². The number of benzene rings is 2. The summed E-state index contributed by atoms with van der Waals surface area (Å²) >= 11 is 6.78. The molecule has 0 bridgehead atoms. The van der Waals surface area contributed by atoms with Crippen LogP contribution in [0.3, 0.4) is 0 Å². The van der Waals surface area contributed by atoms with Gasteiger partial charge in [0.05, 0.1) is 19.1 Å². The number of carbonyl (C=O) groups is 1. The summed E-state index contributed by atoms with van der Waals surface area (Å²) in [6.07, 6.45) is 3.64. The van der Waals surface area contributed by atoms with Crippen molar-refractivity contribution in [3.05, 3.63) is 64.1 Å². The zero-order valence-electron chi connectivity index (χ0n) is 16.2. The maximum atomic E-state index is 12.9. The lowest BCUT2D eigenvalue weighted by Crippen LogP contribution is -2.29.